The number of hydrogen-bond donors (Lipinski definition) is 0. The number of ether oxygens (including phenoxy) is 1. The number of fused-ring (bicyclic) bond motifs is 14. The molecule has 1 aliphatic rings. The van der Waals surface area contributed by atoms with Crippen molar-refractivity contribution in [3.63, 3.8) is 0 Å². The summed E-state index contributed by atoms with van der Waals surface area (Å²) in [5.41, 5.74) is 6.68. The number of thiophene rings is 1. The fraction of sp³-hybridized carbons (Fsp3) is 0. The third-order valence-corrected chi connectivity index (χ3v) is 10.2. The first-order chi connectivity index (χ1) is 21.8. The third kappa shape index (κ3) is 2.74. The Balaban J connectivity index is 1.41. The van der Waals surface area contributed by atoms with Crippen LogP contribution in [0.1, 0.15) is 0 Å². The zero-order chi connectivity index (χ0) is 28.5. The van der Waals surface area contributed by atoms with Gasteiger partial charge in [-0.05, 0) is 42.5 Å². The van der Waals surface area contributed by atoms with E-state index in [1.807, 2.05) is 36.4 Å². The normalized spacial score (nSPS) is 12.7. The lowest BCUT2D eigenvalue weighted by molar-refractivity contribution is 0.486. The van der Waals surface area contributed by atoms with Crippen molar-refractivity contribution in [2.75, 3.05) is 0 Å². The Hall–Kier alpha value is -5.72. The first-order valence-corrected chi connectivity index (χ1v) is 15.4. The summed E-state index contributed by atoms with van der Waals surface area (Å²) in [4.78, 5) is 10.6. The summed E-state index contributed by atoms with van der Waals surface area (Å²) >= 11 is 1.80. The van der Waals surface area contributed by atoms with Gasteiger partial charge >= 0.3 is 0 Å². The highest BCUT2D eigenvalue weighted by atomic mass is 32.1. The fourth-order valence-electron chi connectivity index (χ4n) is 7.21. The Kier molecular flexibility index (Phi) is 4.15. The summed E-state index contributed by atoms with van der Waals surface area (Å²) in [6.45, 7) is 0. The van der Waals surface area contributed by atoms with Crippen LogP contribution < -0.4 is 4.74 Å². The number of benzene rings is 6. The zero-order valence-corrected chi connectivity index (χ0v) is 23.9. The molecule has 0 fully saturated rings. The molecule has 11 rings (SSSR count). The summed E-state index contributed by atoms with van der Waals surface area (Å²) in [6, 6.07) is 39.7. The predicted octanol–water partition coefficient (Wildman–Crippen LogP) is 10.8. The number of furan rings is 1. The van der Waals surface area contributed by atoms with Crippen molar-refractivity contribution < 1.29 is 9.15 Å². The van der Waals surface area contributed by atoms with Crippen molar-refractivity contribution in [2.45, 2.75) is 0 Å². The van der Waals surface area contributed by atoms with E-state index in [1.165, 1.54) is 14.8 Å². The minimum absolute atomic E-state index is 0.637. The van der Waals surface area contributed by atoms with E-state index in [9.17, 15) is 0 Å². The molecule has 0 aliphatic carbocycles. The number of rotatable bonds is 1. The van der Waals surface area contributed by atoms with Crippen LogP contribution in [0.25, 0.3) is 92.0 Å². The van der Waals surface area contributed by atoms with Crippen LogP contribution in [-0.2, 0) is 0 Å². The van der Waals surface area contributed by atoms with Crippen molar-refractivity contribution >= 4 is 86.2 Å². The first kappa shape index (κ1) is 22.8. The molecule has 10 aromatic rings. The van der Waals surface area contributed by atoms with Gasteiger partial charge < -0.3 is 9.15 Å². The summed E-state index contributed by atoms with van der Waals surface area (Å²) in [6.07, 6.45) is 0. The zero-order valence-electron chi connectivity index (χ0n) is 23.0. The van der Waals surface area contributed by atoms with Crippen molar-refractivity contribution in [3.8, 4) is 28.7 Å². The molecule has 0 unspecified atom stereocenters. The van der Waals surface area contributed by atoms with E-state index in [0.29, 0.717) is 5.95 Å². The second-order valence-electron chi connectivity index (χ2n) is 11.3. The van der Waals surface area contributed by atoms with Crippen LogP contribution in [0.15, 0.2) is 120 Å². The van der Waals surface area contributed by atoms with Crippen LogP contribution >= 0.6 is 11.3 Å². The van der Waals surface area contributed by atoms with Crippen LogP contribution in [0.5, 0.6) is 11.5 Å². The van der Waals surface area contributed by atoms with E-state index in [0.717, 1.165) is 82.8 Å². The van der Waals surface area contributed by atoms with Crippen molar-refractivity contribution in [1.29, 1.82) is 0 Å². The van der Waals surface area contributed by atoms with E-state index in [1.54, 1.807) is 11.3 Å². The molecule has 0 bridgehead atoms. The van der Waals surface area contributed by atoms with Crippen molar-refractivity contribution in [1.82, 2.24) is 14.5 Å². The van der Waals surface area contributed by atoms with E-state index in [4.69, 9.17) is 19.1 Å². The van der Waals surface area contributed by atoms with Crippen LogP contribution in [-0.4, -0.2) is 14.5 Å². The summed E-state index contributed by atoms with van der Waals surface area (Å²) in [7, 11) is 0. The van der Waals surface area contributed by atoms with Gasteiger partial charge in [0.1, 0.15) is 22.7 Å². The molecule has 1 aliphatic heterocycles. The van der Waals surface area contributed by atoms with E-state index in [-0.39, 0.29) is 0 Å². The van der Waals surface area contributed by atoms with Crippen molar-refractivity contribution in [3.05, 3.63) is 115 Å². The van der Waals surface area contributed by atoms with Gasteiger partial charge in [-0.25, -0.2) is 9.97 Å². The molecule has 44 heavy (non-hydrogen) atoms. The number of hydrogen-bond acceptors (Lipinski definition) is 5. The predicted molar refractivity (Wildman–Crippen MR) is 180 cm³/mol. The Labute approximate surface area is 253 Å². The monoisotopic (exact) mass is 581 g/mol. The molecule has 0 spiro atoms. The highest BCUT2D eigenvalue weighted by Gasteiger charge is 2.28. The fourth-order valence-corrected chi connectivity index (χ4v) is 8.45. The first-order valence-electron chi connectivity index (χ1n) is 14.6. The molecule has 204 valence electrons. The van der Waals surface area contributed by atoms with Gasteiger partial charge in [0, 0.05) is 42.6 Å². The van der Waals surface area contributed by atoms with E-state index < -0.39 is 0 Å². The maximum Gasteiger partial charge on any atom is 0.235 e. The second-order valence-corrected chi connectivity index (χ2v) is 12.4. The average Bonchev–Trinajstić information content (AvgIpc) is 3.74. The molecule has 0 radical (unpaired) electrons. The quantitative estimate of drug-likeness (QED) is 0.193. The van der Waals surface area contributed by atoms with Crippen molar-refractivity contribution in [2.24, 2.45) is 0 Å². The molecular formula is C38H19N3O2S. The lowest BCUT2D eigenvalue weighted by atomic mass is 10.0. The van der Waals surface area contributed by atoms with Gasteiger partial charge in [0.25, 0.3) is 0 Å². The number of nitrogens with zero attached hydrogens (tertiary/aromatic N) is 3. The lowest BCUT2D eigenvalue weighted by Crippen LogP contribution is -2.06. The molecule has 6 aromatic carbocycles. The second kappa shape index (κ2) is 8.01. The molecule has 0 amide bonds. The maximum absolute atomic E-state index is 6.71. The SMILES string of the molecule is c1ccc2c(c1)Oc1cccc3nc(-n4c5ccccc5c5c6c7ccccc7oc6c6c7ccccc7sc6c54)nc-2c13. The van der Waals surface area contributed by atoms with Gasteiger partial charge in [0.15, 0.2) is 0 Å². The molecule has 0 saturated carbocycles. The van der Waals surface area contributed by atoms with Crippen LogP contribution in [0.3, 0.4) is 0 Å². The van der Waals surface area contributed by atoms with Gasteiger partial charge in [-0.2, -0.15) is 0 Å². The minimum atomic E-state index is 0.637. The molecule has 0 N–H and O–H groups in total. The van der Waals surface area contributed by atoms with Gasteiger partial charge in [0.2, 0.25) is 5.95 Å². The molecule has 6 heteroatoms. The standard InChI is InChI=1S/C38H19N3O2S/c1-5-15-25-20(10-1)30-31-21-11-2-6-16-26(21)43-36(31)32-23-13-4-8-19-29(23)44-37(32)35(30)41(25)38-39-24-14-9-18-28-33(24)34(40-38)22-12-3-7-17-27(22)42-28/h1-19H. The molecule has 0 saturated heterocycles. The number of aromatic nitrogens is 3. The molecule has 0 atom stereocenters. The summed E-state index contributed by atoms with van der Waals surface area (Å²) < 4.78 is 17.7. The minimum Gasteiger partial charge on any atom is -0.456 e. The highest BCUT2D eigenvalue weighted by molar-refractivity contribution is 7.27. The number of para-hydroxylation sites is 3. The Bertz CT molecular complexity index is 2880. The summed E-state index contributed by atoms with van der Waals surface area (Å²) in [5, 5.41) is 7.81. The third-order valence-electron chi connectivity index (χ3n) is 8.99. The lowest BCUT2D eigenvalue weighted by Gasteiger charge is -2.21. The van der Waals surface area contributed by atoms with Gasteiger partial charge in [0.05, 0.1) is 32.3 Å². The van der Waals surface area contributed by atoms with Gasteiger partial charge in [-0.1, -0.05) is 72.8 Å². The largest absolute Gasteiger partial charge is 0.456 e. The molecule has 4 aromatic heterocycles. The highest BCUT2D eigenvalue weighted by Crippen LogP contribution is 2.51. The summed E-state index contributed by atoms with van der Waals surface area (Å²) in [5.74, 6) is 2.22. The van der Waals surface area contributed by atoms with E-state index >= 15 is 0 Å². The smallest absolute Gasteiger partial charge is 0.235 e. The maximum atomic E-state index is 6.71. The van der Waals surface area contributed by atoms with Crippen LogP contribution in [0.4, 0.5) is 0 Å². The Morgan fingerprint density at radius 1 is 0.591 bits per heavy atom. The Morgan fingerprint density at radius 2 is 1.36 bits per heavy atom. The van der Waals surface area contributed by atoms with Gasteiger partial charge in [-0.15, -0.1) is 11.3 Å². The molecular weight excluding hydrogens is 563 g/mol. The van der Waals surface area contributed by atoms with Crippen LogP contribution in [0, 0.1) is 0 Å². The topological polar surface area (TPSA) is 53.1 Å². The van der Waals surface area contributed by atoms with E-state index in [2.05, 4.69) is 83.4 Å². The van der Waals surface area contributed by atoms with Gasteiger partial charge in [-0.3, -0.25) is 4.57 Å². The Morgan fingerprint density at radius 3 is 2.32 bits per heavy atom. The average molecular weight is 582 g/mol. The molecule has 5 heterocycles. The molecule has 5 nitrogen and oxygen atoms in total. The van der Waals surface area contributed by atoms with Crippen LogP contribution in [0.2, 0.25) is 0 Å².